The standard InChI is InChI=1S/C16H17NO3/c1-11(18)12-4-5-14-9-15(7-6-13(14)8-12)17(2)10-16(19)20-3/h4-9H,10H2,1-3H3. The Hall–Kier alpha value is -2.36. The zero-order chi connectivity index (χ0) is 14.7. The fourth-order valence-electron chi connectivity index (χ4n) is 2.04. The van der Waals surface area contributed by atoms with Crippen LogP contribution in [-0.2, 0) is 9.53 Å². The number of ketones is 1. The van der Waals surface area contributed by atoms with Gasteiger partial charge in [0.2, 0.25) is 0 Å². The van der Waals surface area contributed by atoms with Crippen molar-refractivity contribution in [2.45, 2.75) is 6.92 Å². The predicted octanol–water partition coefficient (Wildman–Crippen LogP) is 2.65. The van der Waals surface area contributed by atoms with E-state index in [2.05, 4.69) is 4.74 Å². The Morgan fingerprint density at radius 2 is 1.75 bits per heavy atom. The maximum Gasteiger partial charge on any atom is 0.325 e. The van der Waals surface area contributed by atoms with Gasteiger partial charge in [0, 0.05) is 18.3 Å². The van der Waals surface area contributed by atoms with E-state index >= 15 is 0 Å². The molecular weight excluding hydrogens is 254 g/mol. The molecule has 0 aromatic heterocycles. The SMILES string of the molecule is COC(=O)CN(C)c1ccc2cc(C(C)=O)ccc2c1. The summed E-state index contributed by atoms with van der Waals surface area (Å²) in [6.45, 7) is 1.76. The summed E-state index contributed by atoms with van der Waals surface area (Å²) < 4.78 is 4.65. The summed E-state index contributed by atoms with van der Waals surface area (Å²) in [6.07, 6.45) is 0. The number of esters is 1. The second-order valence-corrected chi connectivity index (χ2v) is 4.73. The zero-order valence-electron chi connectivity index (χ0n) is 11.8. The molecule has 0 fully saturated rings. The summed E-state index contributed by atoms with van der Waals surface area (Å²) in [5.74, 6) is -0.224. The fourth-order valence-corrected chi connectivity index (χ4v) is 2.04. The number of Topliss-reactive ketones (excluding diaryl/α,β-unsaturated/α-hetero) is 1. The average molecular weight is 271 g/mol. The molecule has 20 heavy (non-hydrogen) atoms. The first-order valence-electron chi connectivity index (χ1n) is 6.34. The Labute approximate surface area is 117 Å². The smallest absolute Gasteiger partial charge is 0.325 e. The van der Waals surface area contributed by atoms with Crippen LogP contribution in [0.3, 0.4) is 0 Å². The minimum Gasteiger partial charge on any atom is -0.468 e. The van der Waals surface area contributed by atoms with Crippen LogP contribution in [0.25, 0.3) is 10.8 Å². The second-order valence-electron chi connectivity index (χ2n) is 4.73. The van der Waals surface area contributed by atoms with Crippen LogP contribution in [0.5, 0.6) is 0 Å². The molecule has 0 atom stereocenters. The van der Waals surface area contributed by atoms with Crippen LogP contribution in [0.15, 0.2) is 36.4 Å². The number of ether oxygens (including phenoxy) is 1. The number of hydrogen-bond acceptors (Lipinski definition) is 4. The van der Waals surface area contributed by atoms with Crippen molar-refractivity contribution in [2.75, 3.05) is 25.6 Å². The summed E-state index contributed by atoms with van der Waals surface area (Å²) in [6, 6.07) is 11.5. The quantitative estimate of drug-likeness (QED) is 0.633. The maximum absolute atomic E-state index is 11.4. The molecule has 0 N–H and O–H groups in total. The Kier molecular flexibility index (Phi) is 4.03. The molecule has 4 nitrogen and oxygen atoms in total. The molecule has 2 aromatic rings. The molecule has 0 radical (unpaired) electrons. The monoisotopic (exact) mass is 271 g/mol. The molecule has 0 aliphatic rings. The van der Waals surface area contributed by atoms with Crippen molar-refractivity contribution >= 4 is 28.2 Å². The summed E-state index contributed by atoms with van der Waals surface area (Å²) in [5.41, 5.74) is 1.63. The summed E-state index contributed by atoms with van der Waals surface area (Å²) in [7, 11) is 3.21. The Balaban J connectivity index is 2.32. The second kappa shape index (κ2) is 5.74. The van der Waals surface area contributed by atoms with Gasteiger partial charge in [-0.1, -0.05) is 18.2 Å². The van der Waals surface area contributed by atoms with Crippen LogP contribution in [-0.4, -0.2) is 32.5 Å². The number of anilines is 1. The number of rotatable bonds is 4. The van der Waals surface area contributed by atoms with E-state index in [-0.39, 0.29) is 18.3 Å². The summed E-state index contributed by atoms with van der Waals surface area (Å²) in [5, 5.41) is 2.04. The maximum atomic E-state index is 11.4. The summed E-state index contributed by atoms with van der Waals surface area (Å²) >= 11 is 0. The predicted molar refractivity (Wildman–Crippen MR) is 79.2 cm³/mol. The lowest BCUT2D eigenvalue weighted by molar-refractivity contribution is -0.138. The van der Waals surface area contributed by atoms with Gasteiger partial charge in [-0.3, -0.25) is 9.59 Å². The molecule has 0 spiro atoms. The lowest BCUT2D eigenvalue weighted by Crippen LogP contribution is -2.26. The highest BCUT2D eigenvalue weighted by atomic mass is 16.5. The molecule has 0 saturated carbocycles. The molecule has 0 heterocycles. The van der Waals surface area contributed by atoms with Gasteiger partial charge in [-0.2, -0.15) is 0 Å². The number of hydrogen-bond donors (Lipinski definition) is 0. The van der Waals surface area contributed by atoms with Gasteiger partial charge in [0.1, 0.15) is 6.54 Å². The van der Waals surface area contributed by atoms with E-state index in [9.17, 15) is 9.59 Å². The number of fused-ring (bicyclic) bond motifs is 1. The normalized spacial score (nSPS) is 10.3. The lowest BCUT2D eigenvalue weighted by Gasteiger charge is -2.18. The van der Waals surface area contributed by atoms with Gasteiger partial charge in [0.25, 0.3) is 0 Å². The van der Waals surface area contributed by atoms with Crippen LogP contribution >= 0.6 is 0 Å². The number of nitrogens with zero attached hydrogens (tertiary/aromatic N) is 1. The van der Waals surface area contributed by atoms with E-state index in [1.807, 2.05) is 48.3 Å². The van der Waals surface area contributed by atoms with Crippen molar-refractivity contribution in [2.24, 2.45) is 0 Å². The molecule has 0 bridgehead atoms. The van der Waals surface area contributed by atoms with Crippen LogP contribution in [0, 0.1) is 0 Å². The number of benzene rings is 2. The Bertz CT molecular complexity index is 664. The highest BCUT2D eigenvalue weighted by Gasteiger charge is 2.08. The molecule has 4 heteroatoms. The first-order valence-corrected chi connectivity index (χ1v) is 6.34. The first-order chi connectivity index (χ1) is 9.51. The molecule has 0 amide bonds. The summed E-state index contributed by atoms with van der Waals surface area (Å²) in [4.78, 5) is 24.5. The Morgan fingerprint density at radius 3 is 2.40 bits per heavy atom. The fraction of sp³-hybridized carbons (Fsp3) is 0.250. The third kappa shape index (κ3) is 2.96. The Morgan fingerprint density at radius 1 is 1.10 bits per heavy atom. The van der Waals surface area contributed by atoms with Crippen LogP contribution in [0.1, 0.15) is 17.3 Å². The van der Waals surface area contributed by atoms with Crippen molar-refractivity contribution in [3.05, 3.63) is 42.0 Å². The van der Waals surface area contributed by atoms with Crippen LogP contribution < -0.4 is 4.90 Å². The van der Waals surface area contributed by atoms with Crippen molar-refractivity contribution in [3.63, 3.8) is 0 Å². The molecular formula is C16H17NO3. The highest BCUT2D eigenvalue weighted by molar-refractivity contribution is 5.99. The van der Waals surface area contributed by atoms with Gasteiger partial charge >= 0.3 is 5.97 Å². The van der Waals surface area contributed by atoms with E-state index in [0.717, 1.165) is 16.5 Å². The van der Waals surface area contributed by atoms with Crippen LogP contribution in [0.4, 0.5) is 5.69 Å². The van der Waals surface area contributed by atoms with Crippen molar-refractivity contribution in [3.8, 4) is 0 Å². The number of methoxy groups -OCH3 is 1. The molecule has 0 aliphatic heterocycles. The van der Waals surface area contributed by atoms with E-state index in [0.29, 0.717) is 5.56 Å². The molecule has 104 valence electrons. The minimum absolute atomic E-state index is 0.0544. The average Bonchev–Trinajstić information content (AvgIpc) is 2.45. The number of carbonyl (C=O) groups excluding carboxylic acids is 2. The van der Waals surface area contributed by atoms with Crippen molar-refractivity contribution in [1.29, 1.82) is 0 Å². The topological polar surface area (TPSA) is 46.6 Å². The zero-order valence-corrected chi connectivity index (χ0v) is 11.8. The number of likely N-dealkylation sites (N-methyl/N-ethyl adjacent to an activating group) is 1. The largest absolute Gasteiger partial charge is 0.468 e. The van der Waals surface area contributed by atoms with Crippen molar-refractivity contribution in [1.82, 2.24) is 0 Å². The van der Waals surface area contributed by atoms with E-state index in [4.69, 9.17) is 0 Å². The molecule has 2 rings (SSSR count). The lowest BCUT2D eigenvalue weighted by atomic mass is 10.0. The molecule has 0 aliphatic carbocycles. The highest BCUT2D eigenvalue weighted by Crippen LogP contribution is 2.22. The van der Waals surface area contributed by atoms with Gasteiger partial charge in [0.05, 0.1) is 7.11 Å². The molecule has 0 unspecified atom stereocenters. The van der Waals surface area contributed by atoms with E-state index in [1.54, 1.807) is 6.92 Å². The number of carbonyl (C=O) groups is 2. The van der Waals surface area contributed by atoms with Crippen molar-refractivity contribution < 1.29 is 14.3 Å². The van der Waals surface area contributed by atoms with E-state index in [1.165, 1.54) is 7.11 Å². The first kappa shape index (κ1) is 14.1. The van der Waals surface area contributed by atoms with Gasteiger partial charge in [-0.25, -0.2) is 0 Å². The van der Waals surface area contributed by atoms with E-state index < -0.39 is 0 Å². The van der Waals surface area contributed by atoms with Gasteiger partial charge in [-0.15, -0.1) is 0 Å². The molecule has 0 saturated heterocycles. The molecule has 2 aromatic carbocycles. The van der Waals surface area contributed by atoms with Crippen LogP contribution in [0.2, 0.25) is 0 Å². The third-order valence-electron chi connectivity index (χ3n) is 3.27. The minimum atomic E-state index is -0.278. The van der Waals surface area contributed by atoms with Gasteiger partial charge in [-0.05, 0) is 35.9 Å². The third-order valence-corrected chi connectivity index (χ3v) is 3.27. The van der Waals surface area contributed by atoms with Gasteiger partial charge < -0.3 is 9.64 Å². The van der Waals surface area contributed by atoms with Gasteiger partial charge in [0.15, 0.2) is 5.78 Å².